The van der Waals surface area contributed by atoms with Gasteiger partial charge in [-0.25, -0.2) is 0 Å². The van der Waals surface area contributed by atoms with Gasteiger partial charge in [0.15, 0.2) is 0 Å². The van der Waals surface area contributed by atoms with Gasteiger partial charge >= 0.3 is 0 Å². The number of hydrogen-bond donors (Lipinski definition) is 1. The quantitative estimate of drug-likeness (QED) is 0.855. The van der Waals surface area contributed by atoms with E-state index in [1.54, 1.807) is 0 Å². The number of rotatable bonds is 4. The van der Waals surface area contributed by atoms with E-state index in [1.807, 2.05) is 11.3 Å². The van der Waals surface area contributed by atoms with Crippen molar-refractivity contribution in [2.75, 3.05) is 6.61 Å². The van der Waals surface area contributed by atoms with Gasteiger partial charge in [-0.2, -0.15) is 0 Å². The summed E-state index contributed by atoms with van der Waals surface area (Å²) in [5, 5.41) is 0. The van der Waals surface area contributed by atoms with E-state index in [2.05, 4.69) is 19.1 Å². The lowest BCUT2D eigenvalue weighted by atomic mass is 10.1. The molecule has 0 amide bonds. The molecule has 1 fully saturated rings. The molecular weight excluding hydrogens is 206 g/mol. The Morgan fingerprint density at radius 1 is 1.60 bits per heavy atom. The zero-order valence-corrected chi connectivity index (χ0v) is 10.1. The number of hydrogen-bond acceptors (Lipinski definition) is 3. The Hall–Kier alpha value is -0.380. The fourth-order valence-electron chi connectivity index (χ4n) is 2.01. The summed E-state index contributed by atoms with van der Waals surface area (Å²) in [6.45, 7) is 3.10. The minimum Gasteiger partial charge on any atom is -0.378 e. The molecule has 1 aromatic heterocycles. The largest absolute Gasteiger partial charge is 0.378 e. The van der Waals surface area contributed by atoms with Gasteiger partial charge in [-0.05, 0) is 37.8 Å². The normalized spacial score (nSPS) is 23.2. The van der Waals surface area contributed by atoms with Crippen LogP contribution in [0.5, 0.6) is 0 Å². The molecule has 0 bridgehead atoms. The van der Waals surface area contributed by atoms with Gasteiger partial charge in [-0.15, -0.1) is 11.3 Å². The van der Waals surface area contributed by atoms with E-state index in [0.717, 1.165) is 19.4 Å². The third-order valence-corrected chi connectivity index (χ3v) is 4.30. The van der Waals surface area contributed by atoms with E-state index in [4.69, 9.17) is 10.5 Å². The van der Waals surface area contributed by atoms with Gasteiger partial charge in [0.1, 0.15) is 0 Å². The van der Waals surface area contributed by atoms with Crippen molar-refractivity contribution in [3.8, 4) is 0 Å². The van der Waals surface area contributed by atoms with Crippen molar-refractivity contribution < 1.29 is 4.74 Å². The first-order valence-corrected chi connectivity index (χ1v) is 6.57. The maximum absolute atomic E-state index is 6.17. The molecular formula is C12H19NOS. The number of ether oxygens (including phenoxy) is 1. The van der Waals surface area contributed by atoms with E-state index in [0.29, 0.717) is 6.10 Å². The Labute approximate surface area is 95.4 Å². The van der Waals surface area contributed by atoms with Gasteiger partial charge in [0, 0.05) is 22.4 Å². The van der Waals surface area contributed by atoms with Gasteiger partial charge in [0.25, 0.3) is 0 Å². The molecule has 1 aliphatic heterocycles. The van der Waals surface area contributed by atoms with Gasteiger partial charge in [-0.3, -0.25) is 0 Å². The minimum atomic E-state index is 0.165. The van der Waals surface area contributed by atoms with Crippen molar-refractivity contribution in [1.82, 2.24) is 0 Å². The van der Waals surface area contributed by atoms with Crippen LogP contribution in [0.25, 0.3) is 0 Å². The lowest BCUT2D eigenvalue weighted by Gasteiger charge is -2.14. The number of thiophene rings is 1. The van der Waals surface area contributed by atoms with Crippen LogP contribution in [0.4, 0.5) is 0 Å². The molecule has 2 nitrogen and oxygen atoms in total. The van der Waals surface area contributed by atoms with E-state index in [-0.39, 0.29) is 6.04 Å². The van der Waals surface area contributed by atoms with E-state index in [9.17, 15) is 0 Å². The summed E-state index contributed by atoms with van der Waals surface area (Å²) in [6.07, 6.45) is 4.86. The molecule has 0 saturated carbocycles. The molecule has 0 spiro atoms. The Kier molecular flexibility index (Phi) is 3.78. The molecule has 2 N–H and O–H groups in total. The molecule has 1 saturated heterocycles. The van der Waals surface area contributed by atoms with Crippen LogP contribution < -0.4 is 5.73 Å². The third kappa shape index (κ3) is 2.80. The molecule has 3 heteroatoms. The predicted octanol–water partition coefficient (Wildman–Crippen LogP) is 2.88. The summed E-state index contributed by atoms with van der Waals surface area (Å²) in [4.78, 5) is 2.73. The molecule has 84 valence electrons. The second-order valence-electron chi connectivity index (χ2n) is 4.13. The Morgan fingerprint density at radius 3 is 3.07 bits per heavy atom. The van der Waals surface area contributed by atoms with Crippen LogP contribution in [0.15, 0.2) is 12.1 Å². The minimum absolute atomic E-state index is 0.165. The first-order valence-electron chi connectivity index (χ1n) is 5.75. The molecule has 2 heterocycles. The monoisotopic (exact) mass is 225 g/mol. The van der Waals surface area contributed by atoms with E-state index < -0.39 is 0 Å². The molecule has 2 atom stereocenters. The highest BCUT2D eigenvalue weighted by Gasteiger charge is 2.20. The Morgan fingerprint density at radius 2 is 2.47 bits per heavy atom. The second-order valence-corrected chi connectivity index (χ2v) is 5.33. The van der Waals surface area contributed by atoms with Crippen molar-refractivity contribution in [1.29, 1.82) is 0 Å². The molecule has 0 aliphatic carbocycles. The maximum Gasteiger partial charge on any atom is 0.0594 e. The van der Waals surface area contributed by atoms with Crippen LogP contribution in [0.3, 0.4) is 0 Å². The highest BCUT2D eigenvalue weighted by molar-refractivity contribution is 7.12. The average molecular weight is 225 g/mol. The summed E-state index contributed by atoms with van der Waals surface area (Å²) in [6, 6.07) is 4.52. The molecule has 15 heavy (non-hydrogen) atoms. The highest BCUT2D eigenvalue weighted by Crippen LogP contribution is 2.28. The Balaban J connectivity index is 1.91. The topological polar surface area (TPSA) is 35.2 Å². The fourth-order valence-corrected chi connectivity index (χ4v) is 2.98. The standard InChI is InChI=1S/C12H19NOS/c1-2-10-5-6-12(15-10)11(13)8-9-4-3-7-14-9/h5-6,9,11H,2-4,7-8,13H2,1H3. The molecule has 0 radical (unpaired) electrons. The van der Waals surface area contributed by atoms with Crippen molar-refractivity contribution in [3.63, 3.8) is 0 Å². The predicted molar refractivity (Wildman–Crippen MR) is 64.2 cm³/mol. The van der Waals surface area contributed by atoms with Crippen molar-refractivity contribution in [2.45, 2.75) is 44.8 Å². The second kappa shape index (κ2) is 5.10. The summed E-state index contributed by atoms with van der Waals surface area (Å²) in [5.74, 6) is 0. The number of aryl methyl sites for hydroxylation is 1. The van der Waals surface area contributed by atoms with Gasteiger partial charge in [0.05, 0.1) is 6.10 Å². The molecule has 1 aliphatic rings. The van der Waals surface area contributed by atoms with E-state index >= 15 is 0 Å². The third-order valence-electron chi connectivity index (χ3n) is 2.94. The zero-order valence-electron chi connectivity index (χ0n) is 9.24. The lowest BCUT2D eigenvalue weighted by molar-refractivity contribution is 0.0986. The van der Waals surface area contributed by atoms with Gasteiger partial charge in [-0.1, -0.05) is 6.92 Å². The molecule has 0 aromatic carbocycles. The van der Waals surface area contributed by atoms with Crippen molar-refractivity contribution in [3.05, 3.63) is 21.9 Å². The smallest absolute Gasteiger partial charge is 0.0594 e. The average Bonchev–Trinajstić information content (AvgIpc) is 2.86. The van der Waals surface area contributed by atoms with Crippen LogP contribution in [0, 0.1) is 0 Å². The number of nitrogens with two attached hydrogens (primary N) is 1. The summed E-state index contributed by atoms with van der Waals surface area (Å²) >= 11 is 1.84. The van der Waals surface area contributed by atoms with Crippen LogP contribution in [0.1, 0.15) is 42.0 Å². The van der Waals surface area contributed by atoms with Gasteiger partial charge < -0.3 is 10.5 Å². The summed E-state index contributed by atoms with van der Waals surface area (Å²) < 4.78 is 5.60. The van der Waals surface area contributed by atoms with Gasteiger partial charge in [0.2, 0.25) is 0 Å². The molecule has 1 aromatic rings. The zero-order chi connectivity index (χ0) is 10.7. The SMILES string of the molecule is CCc1ccc(C(N)CC2CCCO2)s1. The summed E-state index contributed by atoms with van der Waals surface area (Å²) in [5.41, 5.74) is 6.17. The van der Waals surface area contributed by atoms with Crippen LogP contribution in [-0.4, -0.2) is 12.7 Å². The Bertz CT molecular complexity index is 304. The van der Waals surface area contributed by atoms with Crippen LogP contribution in [-0.2, 0) is 11.2 Å². The summed E-state index contributed by atoms with van der Waals surface area (Å²) in [7, 11) is 0. The van der Waals surface area contributed by atoms with Crippen LogP contribution in [0.2, 0.25) is 0 Å². The van der Waals surface area contributed by atoms with Crippen molar-refractivity contribution >= 4 is 11.3 Å². The molecule has 2 rings (SSSR count). The van der Waals surface area contributed by atoms with Crippen LogP contribution >= 0.6 is 11.3 Å². The molecule has 2 unspecified atom stereocenters. The highest BCUT2D eigenvalue weighted by atomic mass is 32.1. The maximum atomic E-state index is 6.17. The lowest BCUT2D eigenvalue weighted by Crippen LogP contribution is -2.17. The first kappa shape index (κ1) is 11.1. The fraction of sp³-hybridized carbons (Fsp3) is 0.667. The first-order chi connectivity index (χ1) is 7.29. The van der Waals surface area contributed by atoms with Crippen molar-refractivity contribution in [2.24, 2.45) is 5.73 Å². The van der Waals surface area contributed by atoms with E-state index in [1.165, 1.54) is 22.6 Å².